The summed E-state index contributed by atoms with van der Waals surface area (Å²) in [5.41, 5.74) is 8.11. The van der Waals surface area contributed by atoms with Crippen LogP contribution in [-0.4, -0.2) is 19.6 Å². The van der Waals surface area contributed by atoms with E-state index in [4.69, 9.17) is 10.5 Å². The first-order valence-electron chi connectivity index (χ1n) is 8.91. The van der Waals surface area contributed by atoms with Crippen LogP contribution in [0.3, 0.4) is 0 Å². The van der Waals surface area contributed by atoms with Crippen molar-refractivity contribution >= 4 is 5.69 Å². The summed E-state index contributed by atoms with van der Waals surface area (Å²) in [7, 11) is 0. The van der Waals surface area contributed by atoms with Crippen LogP contribution in [0.15, 0.2) is 54.6 Å². The molecule has 0 radical (unpaired) electrons. The molecule has 0 aliphatic carbocycles. The number of nitrogens with two attached hydrogens (primary N) is 1. The molecule has 2 aromatic carbocycles. The molecule has 2 aromatic rings. The molecule has 0 aliphatic rings. The number of rotatable bonds is 10. The normalized spacial score (nSPS) is 10.8. The molecule has 0 aromatic heterocycles. The van der Waals surface area contributed by atoms with Crippen LogP contribution in [-0.2, 0) is 6.61 Å². The average molecular weight is 326 g/mol. The summed E-state index contributed by atoms with van der Waals surface area (Å²) in [5, 5.41) is 0. The third-order valence-electron chi connectivity index (χ3n) is 4.06. The third-order valence-corrected chi connectivity index (χ3v) is 4.06. The molecule has 0 spiro atoms. The van der Waals surface area contributed by atoms with Crippen LogP contribution in [0.1, 0.15) is 32.3 Å². The van der Waals surface area contributed by atoms with Gasteiger partial charge in [-0.3, -0.25) is 0 Å². The van der Waals surface area contributed by atoms with E-state index in [9.17, 15) is 0 Å². The van der Waals surface area contributed by atoms with E-state index < -0.39 is 0 Å². The Hall–Kier alpha value is -2.00. The van der Waals surface area contributed by atoms with Gasteiger partial charge < -0.3 is 15.4 Å². The third kappa shape index (κ3) is 6.25. The zero-order valence-electron chi connectivity index (χ0n) is 14.9. The van der Waals surface area contributed by atoms with E-state index in [1.165, 1.54) is 17.7 Å². The maximum atomic E-state index is 5.87. The van der Waals surface area contributed by atoms with Gasteiger partial charge in [0, 0.05) is 18.8 Å². The molecule has 2 rings (SSSR count). The monoisotopic (exact) mass is 326 g/mol. The molecular formula is C21H30N2O. The van der Waals surface area contributed by atoms with Crippen molar-refractivity contribution in [3.63, 3.8) is 0 Å². The fourth-order valence-corrected chi connectivity index (χ4v) is 2.56. The quantitative estimate of drug-likeness (QED) is 0.700. The minimum absolute atomic E-state index is 0.602. The molecule has 0 saturated carbocycles. The summed E-state index contributed by atoms with van der Waals surface area (Å²) in [6.45, 7) is 7.94. The Bertz CT molecular complexity index is 566. The van der Waals surface area contributed by atoms with Crippen molar-refractivity contribution < 1.29 is 4.74 Å². The summed E-state index contributed by atoms with van der Waals surface area (Å²) in [5.74, 6) is 1.61. The molecule has 0 aliphatic heterocycles. The van der Waals surface area contributed by atoms with E-state index in [1.807, 2.05) is 18.2 Å². The van der Waals surface area contributed by atoms with Gasteiger partial charge in [0.05, 0.1) is 0 Å². The van der Waals surface area contributed by atoms with Gasteiger partial charge in [-0.25, -0.2) is 0 Å². The topological polar surface area (TPSA) is 38.5 Å². The lowest BCUT2D eigenvalue weighted by molar-refractivity contribution is 0.306. The Kier molecular flexibility index (Phi) is 7.63. The molecule has 0 atom stereocenters. The molecule has 3 nitrogen and oxygen atoms in total. The molecule has 0 bridgehead atoms. The highest BCUT2D eigenvalue weighted by molar-refractivity contribution is 5.49. The Balaban J connectivity index is 1.94. The summed E-state index contributed by atoms with van der Waals surface area (Å²) >= 11 is 0. The second-order valence-electron chi connectivity index (χ2n) is 6.58. The predicted octanol–water partition coefficient (Wildman–Crippen LogP) is 4.47. The molecule has 0 heterocycles. The fourth-order valence-electron chi connectivity index (χ4n) is 2.56. The first-order valence-corrected chi connectivity index (χ1v) is 8.91. The van der Waals surface area contributed by atoms with Crippen molar-refractivity contribution in [2.75, 3.05) is 24.5 Å². The highest BCUT2D eigenvalue weighted by Crippen LogP contribution is 2.21. The van der Waals surface area contributed by atoms with E-state index in [2.05, 4.69) is 55.1 Å². The van der Waals surface area contributed by atoms with Gasteiger partial charge in [0.2, 0.25) is 0 Å². The van der Waals surface area contributed by atoms with E-state index in [0.717, 1.165) is 31.8 Å². The lowest BCUT2D eigenvalue weighted by atomic mass is 10.1. The average Bonchev–Trinajstić information content (AvgIpc) is 2.61. The first-order chi connectivity index (χ1) is 11.7. The van der Waals surface area contributed by atoms with Gasteiger partial charge in [-0.1, -0.05) is 44.2 Å². The molecule has 24 heavy (non-hydrogen) atoms. The van der Waals surface area contributed by atoms with Gasteiger partial charge in [-0.2, -0.15) is 0 Å². The van der Waals surface area contributed by atoms with Crippen molar-refractivity contribution in [2.24, 2.45) is 11.7 Å². The molecule has 0 unspecified atom stereocenters. The van der Waals surface area contributed by atoms with Crippen LogP contribution in [0, 0.1) is 5.92 Å². The first kappa shape index (κ1) is 18.3. The molecule has 3 heteroatoms. The van der Waals surface area contributed by atoms with E-state index >= 15 is 0 Å². The molecule has 0 fully saturated rings. The van der Waals surface area contributed by atoms with Crippen molar-refractivity contribution in [3.8, 4) is 5.75 Å². The Morgan fingerprint density at radius 3 is 2.29 bits per heavy atom. The largest absolute Gasteiger partial charge is 0.489 e. The van der Waals surface area contributed by atoms with E-state index in [1.54, 1.807) is 0 Å². The SMILES string of the molecule is CC(C)CCN(CCCN)c1ccc(OCc2ccccc2)cc1. The van der Waals surface area contributed by atoms with E-state index in [-0.39, 0.29) is 0 Å². The zero-order valence-corrected chi connectivity index (χ0v) is 14.9. The highest BCUT2D eigenvalue weighted by atomic mass is 16.5. The maximum Gasteiger partial charge on any atom is 0.119 e. The molecule has 2 N–H and O–H groups in total. The zero-order chi connectivity index (χ0) is 17.2. The summed E-state index contributed by atoms with van der Waals surface area (Å²) in [6.07, 6.45) is 2.21. The fraction of sp³-hybridized carbons (Fsp3) is 0.429. The van der Waals surface area contributed by atoms with Gasteiger partial charge >= 0.3 is 0 Å². The van der Waals surface area contributed by atoms with E-state index in [0.29, 0.717) is 12.5 Å². The van der Waals surface area contributed by atoms with Gasteiger partial charge in [0.25, 0.3) is 0 Å². The second-order valence-corrected chi connectivity index (χ2v) is 6.58. The highest BCUT2D eigenvalue weighted by Gasteiger charge is 2.07. The number of nitrogens with zero attached hydrogens (tertiary/aromatic N) is 1. The lowest BCUT2D eigenvalue weighted by Crippen LogP contribution is -2.28. The van der Waals surface area contributed by atoms with Crippen LogP contribution in [0.25, 0.3) is 0 Å². The Morgan fingerprint density at radius 2 is 1.67 bits per heavy atom. The number of ether oxygens (including phenoxy) is 1. The van der Waals surface area contributed by atoms with Crippen LogP contribution in [0.5, 0.6) is 5.75 Å². The van der Waals surface area contributed by atoms with Crippen LogP contribution in [0.4, 0.5) is 5.69 Å². The van der Waals surface area contributed by atoms with Gasteiger partial charge in [-0.05, 0) is 55.1 Å². The van der Waals surface area contributed by atoms with Crippen molar-refractivity contribution in [2.45, 2.75) is 33.3 Å². The minimum Gasteiger partial charge on any atom is -0.489 e. The second kappa shape index (κ2) is 9.99. The number of hydrogen-bond donors (Lipinski definition) is 1. The minimum atomic E-state index is 0.602. The van der Waals surface area contributed by atoms with Crippen LogP contribution in [0.2, 0.25) is 0 Å². The molecule has 0 amide bonds. The number of hydrogen-bond acceptors (Lipinski definition) is 3. The maximum absolute atomic E-state index is 5.87. The van der Waals surface area contributed by atoms with Crippen molar-refractivity contribution in [1.82, 2.24) is 0 Å². The van der Waals surface area contributed by atoms with Crippen LogP contribution >= 0.6 is 0 Å². The van der Waals surface area contributed by atoms with Crippen molar-refractivity contribution in [3.05, 3.63) is 60.2 Å². The molecule has 0 saturated heterocycles. The smallest absolute Gasteiger partial charge is 0.119 e. The standard InChI is InChI=1S/C21H30N2O/c1-18(2)13-16-23(15-6-14-22)20-9-11-21(12-10-20)24-17-19-7-4-3-5-8-19/h3-5,7-12,18H,6,13-17,22H2,1-2H3. The Labute approximate surface area is 146 Å². The lowest BCUT2D eigenvalue weighted by Gasteiger charge is -2.26. The molecule has 130 valence electrons. The van der Waals surface area contributed by atoms with Gasteiger partial charge in [0.15, 0.2) is 0 Å². The predicted molar refractivity (Wildman–Crippen MR) is 103 cm³/mol. The number of benzene rings is 2. The summed E-state index contributed by atoms with van der Waals surface area (Å²) < 4.78 is 5.87. The van der Waals surface area contributed by atoms with Gasteiger partial charge in [0.1, 0.15) is 12.4 Å². The number of anilines is 1. The Morgan fingerprint density at radius 1 is 0.958 bits per heavy atom. The van der Waals surface area contributed by atoms with Gasteiger partial charge in [-0.15, -0.1) is 0 Å². The molecular weight excluding hydrogens is 296 g/mol. The summed E-state index contributed by atoms with van der Waals surface area (Å²) in [6, 6.07) is 18.7. The van der Waals surface area contributed by atoms with Crippen molar-refractivity contribution in [1.29, 1.82) is 0 Å². The summed E-state index contributed by atoms with van der Waals surface area (Å²) in [4.78, 5) is 2.42. The van der Waals surface area contributed by atoms with Crippen LogP contribution < -0.4 is 15.4 Å².